The summed E-state index contributed by atoms with van der Waals surface area (Å²) in [6, 6.07) is 7.43. The van der Waals surface area contributed by atoms with Crippen LogP contribution in [0.1, 0.15) is 32.3 Å². The van der Waals surface area contributed by atoms with Gasteiger partial charge >= 0.3 is 0 Å². The smallest absolute Gasteiger partial charge is 0.292 e. The molecule has 1 aromatic carbocycles. The number of rotatable bonds is 2. The predicted molar refractivity (Wildman–Crippen MR) is 85.7 cm³/mol. The van der Waals surface area contributed by atoms with E-state index in [0.717, 1.165) is 18.7 Å². The first kappa shape index (κ1) is 15.2. The van der Waals surface area contributed by atoms with Gasteiger partial charge in [0.25, 0.3) is 5.91 Å². The maximum absolute atomic E-state index is 12.8. The lowest BCUT2D eigenvalue weighted by atomic mass is 9.90. The number of anilines is 1. The molecule has 4 heteroatoms. The van der Waals surface area contributed by atoms with Crippen molar-refractivity contribution < 1.29 is 14.5 Å². The van der Waals surface area contributed by atoms with E-state index >= 15 is 0 Å². The Labute approximate surface area is 132 Å². The van der Waals surface area contributed by atoms with Crippen molar-refractivity contribution in [1.29, 1.82) is 0 Å². The van der Waals surface area contributed by atoms with Gasteiger partial charge in [0.15, 0.2) is 6.04 Å². The van der Waals surface area contributed by atoms with Crippen LogP contribution in [-0.2, 0) is 9.59 Å². The molecule has 4 nitrogen and oxygen atoms in total. The average molecular weight is 301 g/mol. The number of aryl methyl sites for hydroxylation is 1. The second kappa shape index (κ2) is 5.84. The van der Waals surface area contributed by atoms with E-state index in [4.69, 9.17) is 0 Å². The summed E-state index contributed by atoms with van der Waals surface area (Å²) in [4.78, 5) is 27.9. The number of amides is 2. The molecule has 118 valence electrons. The van der Waals surface area contributed by atoms with Gasteiger partial charge in [0, 0.05) is 11.8 Å². The molecule has 2 aliphatic rings. The molecule has 0 aromatic heterocycles. The molecule has 4 atom stereocenters. The van der Waals surface area contributed by atoms with Crippen molar-refractivity contribution in [3.05, 3.63) is 29.8 Å². The average Bonchev–Trinajstić information content (AvgIpc) is 2.74. The van der Waals surface area contributed by atoms with Gasteiger partial charge in [-0.25, -0.2) is 4.90 Å². The maximum Gasteiger partial charge on any atom is 0.292 e. The zero-order valence-corrected chi connectivity index (χ0v) is 13.6. The minimum Gasteiger partial charge on any atom is -0.324 e. The number of likely N-dealkylation sites (tertiary alicyclic amines) is 1. The van der Waals surface area contributed by atoms with Crippen molar-refractivity contribution >= 4 is 17.5 Å². The monoisotopic (exact) mass is 301 g/mol. The Bertz CT molecular complexity index is 571. The van der Waals surface area contributed by atoms with E-state index in [1.807, 2.05) is 31.2 Å². The predicted octanol–water partition coefficient (Wildman–Crippen LogP) is 1.19. The number of nitrogens with zero attached hydrogens (tertiary/aromatic N) is 1. The maximum atomic E-state index is 12.8. The Morgan fingerprint density at radius 2 is 1.64 bits per heavy atom. The first-order valence-electron chi connectivity index (χ1n) is 8.23. The zero-order chi connectivity index (χ0) is 15.9. The lowest BCUT2D eigenvalue weighted by Crippen LogP contribution is -3.18. The van der Waals surface area contributed by atoms with Crippen LogP contribution in [0.2, 0.25) is 0 Å². The van der Waals surface area contributed by atoms with E-state index in [1.54, 1.807) is 0 Å². The molecule has 22 heavy (non-hydrogen) atoms. The van der Waals surface area contributed by atoms with Gasteiger partial charge < -0.3 is 4.90 Å². The second-order valence-electron chi connectivity index (χ2n) is 7.17. The van der Waals surface area contributed by atoms with Crippen LogP contribution in [0.4, 0.5) is 5.69 Å². The summed E-state index contributed by atoms with van der Waals surface area (Å²) in [5, 5.41) is 0. The van der Waals surface area contributed by atoms with Crippen LogP contribution in [0.15, 0.2) is 24.3 Å². The van der Waals surface area contributed by atoms with Gasteiger partial charge in [-0.15, -0.1) is 0 Å². The molecule has 3 rings (SSSR count). The fraction of sp³-hybridized carbons (Fsp3) is 0.556. The number of piperidine rings is 1. The molecule has 0 aliphatic carbocycles. The van der Waals surface area contributed by atoms with E-state index in [1.165, 1.54) is 16.2 Å². The Morgan fingerprint density at radius 1 is 1.05 bits per heavy atom. The quantitative estimate of drug-likeness (QED) is 0.834. The molecule has 2 fully saturated rings. The van der Waals surface area contributed by atoms with Gasteiger partial charge in [-0.05, 0) is 25.5 Å². The second-order valence-corrected chi connectivity index (χ2v) is 7.17. The topological polar surface area (TPSA) is 41.8 Å². The zero-order valence-electron chi connectivity index (χ0n) is 13.6. The Kier molecular flexibility index (Phi) is 4.04. The summed E-state index contributed by atoms with van der Waals surface area (Å²) in [6.07, 6.45) is 1.57. The number of imide groups is 1. The van der Waals surface area contributed by atoms with E-state index in [-0.39, 0.29) is 17.9 Å². The highest BCUT2D eigenvalue weighted by atomic mass is 16.2. The summed E-state index contributed by atoms with van der Waals surface area (Å²) < 4.78 is 0. The van der Waals surface area contributed by atoms with Gasteiger partial charge in [-0.2, -0.15) is 0 Å². The molecule has 2 saturated heterocycles. The van der Waals surface area contributed by atoms with Crippen molar-refractivity contribution in [2.24, 2.45) is 11.8 Å². The van der Waals surface area contributed by atoms with Crippen LogP contribution in [0, 0.1) is 18.8 Å². The van der Waals surface area contributed by atoms with Crippen LogP contribution >= 0.6 is 0 Å². The normalized spacial score (nSPS) is 32.6. The summed E-state index contributed by atoms with van der Waals surface area (Å²) in [5.41, 5.74) is 1.84. The number of benzene rings is 1. The first-order valence-corrected chi connectivity index (χ1v) is 8.23. The SMILES string of the molecule is Cc1ccc(N2C(=O)C[C@H]([NH+]3C[C@H](C)C[C@H](C)C3)C2=O)cc1. The van der Waals surface area contributed by atoms with Crippen LogP contribution in [0.3, 0.4) is 0 Å². The van der Waals surface area contributed by atoms with E-state index < -0.39 is 0 Å². The first-order chi connectivity index (χ1) is 10.5. The minimum atomic E-state index is -0.195. The third-order valence-electron chi connectivity index (χ3n) is 4.96. The molecule has 1 N–H and O–H groups in total. The standard InChI is InChI=1S/C18H24N2O2/c1-12-4-6-15(7-5-12)20-17(21)9-16(18(20)22)19-10-13(2)8-14(3)11-19/h4-7,13-14,16H,8-11H2,1-3H3/p+1/t13-,14+,16-/m0/s1. The molecule has 0 spiro atoms. The molecule has 0 bridgehead atoms. The van der Waals surface area contributed by atoms with Crippen molar-refractivity contribution in [3.8, 4) is 0 Å². The van der Waals surface area contributed by atoms with Crippen LogP contribution in [0.5, 0.6) is 0 Å². The molecular formula is C18H25N2O2+. The summed E-state index contributed by atoms with van der Waals surface area (Å²) >= 11 is 0. The fourth-order valence-electron chi connectivity index (χ4n) is 4.03. The van der Waals surface area contributed by atoms with Crippen molar-refractivity contribution in [3.63, 3.8) is 0 Å². The van der Waals surface area contributed by atoms with Crippen molar-refractivity contribution in [2.45, 2.75) is 39.7 Å². The van der Waals surface area contributed by atoms with Gasteiger partial charge in [0.2, 0.25) is 5.91 Å². The van der Waals surface area contributed by atoms with Gasteiger partial charge in [-0.1, -0.05) is 31.5 Å². The Balaban J connectivity index is 1.80. The van der Waals surface area contributed by atoms with Crippen LogP contribution < -0.4 is 9.80 Å². The summed E-state index contributed by atoms with van der Waals surface area (Å²) in [6.45, 7) is 8.48. The molecule has 0 radical (unpaired) electrons. The lowest BCUT2D eigenvalue weighted by molar-refractivity contribution is -0.926. The summed E-state index contributed by atoms with van der Waals surface area (Å²) in [7, 11) is 0. The number of carbonyl (C=O) groups excluding carboxylic acids is 2. The Hall–Kier alpha value is -1.68. The highest BCUT2D eigenvalue weighted by Gasteiger charge is 2.47. The van der Waals surface area contributed by atoms with Crippen molar-refractivity contribution in [1.82, 2.24) is 0 Å². The van der Waals surface area contributed by atoms with Crippen molar-refractivity contribution in [2.75, 3.05) is 18.0 Å². The molecule has 1 unspecified atom stereocenters. The fourth-order valence-corrected chi connectivity index (χ4v) is 4.03. The Morgan fingerprint density at radius 3 is 2.23 bits per heavy atom. The molecule has 2 heterocycles. The number of nitrogens with one attached hydrogen (secondary N) is 1. The largest absolute Gasteiger partial charge is 0.324 e. The third kappa shape index (κ3) is 2.80. The highest BCUT2D eigenvalue weighted by Crippen LogP contribution is 2.23. The van der Waals surface area contributed by atoms with E-state index in [9.17, 15) is 9.59 Å². The molecular weight excluding hydrogens is 276 g/mol. The molecule has 0 saturated carbocycles. The highest BCUT2D eigenvalue weighted by molar-refractivity contribution is 6.21. The number of quaternary nitrogens is 1. The molecule has 2 aliphatic heterocycles. The summed E-state index contributed by atoms with van der Waals surface area (Å²) in [5.74, 6) is 1.16. The van der Waals surface area contributed by atoms with Crippen LogP contribution in [0.25, 0.3) is 0 Å². The van der Waals surface area contributed by atoms with Gasteiger partial charge in [0.05, 0.1) is 25.2 Å². The number of hydrogen-bond donors (Lipinski definition) is 1. The third-order valence-corrected chi connectivity index (χ3v) is 4.96. The lowest BCUT2D eigenvalue weighted by Gasteiger charge is -2.34. The van der Waals surface area contributed by atoms with Gasteiger partial charge in [-0.3, -0.25) is 9.59 Å². The number of carbonyl (C=O) groups is 2. The molecule has 1 aromatic rings. The van der Waals surface area contributed by atoms with Crippen LogP contribution in [-0.4, -0.2) is 30.9 Å². The van der Waals surface area contributed by atoms with E-state index in [2.05, 4.69) is 13.8 Å². The minimum absolute atomic E-state index is 0.0230. The van der Waals surface area contributed by atoms with E-state index in [0.29, 0.717) is 23.9 Å². The number of hydrogen-bond acceptors (Lipinski definition) is 2. The molecule has 2 amide bonds. The van der Waals surface area contributed by atoms with Gasteiger partial charge in [0.1, 0.15) is 0 Å².